The minimum atomic E-state index is -1.06. The first kappa shape index (κ1) is 43.4. The standard InChI is InChI=1S/C48H50F2N10O5S/c49-37-24-31(23-35-36(37)26-60(47(35)65)44(46(64)55-48-51-14-22-66-48)43-40-3-1-15-59(40)28-52-43)29-4-7-33(8-5-29)57-16-2-17-58(21-20-57)42(62)27-56-18-12-30(13-19-56)34-9-6-32(25-38(34)50)53-39-10-11-41(61)54-45(39)63/h4-9,14,22-25,28,30,39,44,53H,1-3,10-13,15-21,26-27H2,(H,51,55,64)(H,54,61,63)/t39-,44?/m0/s1. The maximum absolute atomic E-state index is 16.0. The lowest BCUT2D eigenvalue weighted by Crippen LogP contribution is -2.47. The van der Waals surface area contributed by atoms with Crippen LogP contribution in [0, 0.1) is 11.6 Å². The summed E-state index contributed by atoms with van der Waals surface area (Å²) in [5.74, 6) is -2.33. The number of rotatable bonds is 11. The molecule has 66 heavy (non-hydrogen) atoms. The first-order valence-electron chi connectivity index (χ1n) is 22.7. The Hall–Kier alpha value is -6.53. The van der Waals surface area contributed by atoms with Gasteiger partial charge in [-0.2, -0.15) is 0 Å². The van der Waals surface area contributed by atoms with Gasteiger partial charge in [-0.1, -0.05) is 18.2 Å². The van der Waals surface area contributed by atoms with E-state index in [0.717, 1.165) is 62.1 Å². The predicted octanol–water partition coefficient (Wildman–Crippen LogP) is 5.70. The van der Waals surface area contributed by atoms with Crippen LogP contribution in [0.25, 0.3) is 11.1 Å². The van der Waals surface area contributed by atoms with Crippen molar-refractivity contribution in [2.24, 2.45) is 0 Å². The summed E-state index contributed by atoms with van der Waals surface area (Å²) in [6.07, 6.45) is 7.78. The van der Waals surface area contributed by atoms with Gasteiger partial charge < -0.3 is 24.6 Å². The molecule has 5 aliphatic rings. The highest BCUT2D eigenvalue weighted by atomic mass is 32.1. The number of imidazole rings is 1. The van der Waals surface area contributed by atoms with Crippen molar-refractivity contribution in [1.29, 1.82) is 0 Å². The molecule has 5 aliphatic heterocycles. The molecule has 0 saturated carbocycles. The van der Waals surface area contributed by atoms with Gasteiger partial charge in [-0.3, -0.25) is 39.5 Å². The Kier molecular flexibility index (Phi) is 12.1. The van der Waals surface area contributed by atoms with E-state index in [1.54, 1.807) is 36.1 Å². The van der Waals surface area contributed by atoms with Crippen molar-refractivity contribution in [3.63, 3.8) is 0 Å². The summed E-state index contributed by atoms with van der Waals surface area (Å²) in [6, 6.07) is 14.3. The van der Waals surface area contributed by atoms with E-state index in [4.69, 9.17) is 0 Å². The number of fused-ring (bicyclic) bond motifs is 2. The van der Waals surface area contributed by atoms with Gasteiger partial charge in [0.2, 0.25) is 17.7 Å². The van der Waals surface area contributed by atoms with Crippen molar-refractivity contribution in [1.82, 2.24) is 34.6 Å². The Morgan fingerprint density at radius 3 is 2.45 bits per heavy atom. The van der Waals surface area contributed by atoms with Crippen LogP contribution in [0.3, 0.4) is 0 Å². The maximum Gasteiger partial charge on any atom is 0.255 e. The topological polar surface area (TPSA) is 165 Å². The second kappa shape index (κ2) is 18.4. The molecule has 342 valence electrons. The molecule has 0 radical (unpaired) electrons. The highest BCUT2D eigenvalue weighted by Gasteiger charge is 2.42. The lowest BCUT2D eigenvalue weighted by atomic mass is 9.89. The molecule has 0 spiro atoms. The second-order valence-electron chi connectivity index (χ2n) is 17.7. The predicted molar refractivity (Wildman–Crippen MR) is 244 cm³/mol. The summed E-state index contributed by atoms with van der Waals surface area (Å²) < 4.78 is 33.3. The zero-order valence-corrected chi connectivity index (χ0v) is 37.1. The number of hydrogen-bond donors (Lipinski definition) is 3. The summed E-state index contributed by atoms with van der Waals surface area (Å²) in [7, 11) is 0. The minimum Gasteiger partial charge on any atom is -0.374 e. The number of likely N-dealkylation sites (tertiary alicyclic amines) is 1. The highest BCUT2D eigenvalue weighted by molar-refractivity contribution is 7.13. The molecule has 15 nitrogen and oxygen atoms in total. The number of aryl methyl sites for hydroxylation is 1. The van der Waals surface area contributed by atoms with Crippen LogP contribution in [-0.2, 0) is 38.7 Å². The fraction of sp³-hybridized carbons (Fsp3) is 0.396. The third-order valence-corrected chi connectivity index (χ3v) is 14.4. The average molecular weight is 917 g/mol. The van der Waals surface area contributed by atoms with Crippen LogP contribution in [0.4, 0.5) is 25.3 Å². The second-order valence-corrected chi connectivity index (χ2v) is 18.6. The fourth-order valence-corrected chi connectivity index (χ4v) is 10.7. The molecule has 5 aromatic rings. The first-order chi connectivity index (χ1) is 32.1. The number of aromatic nitrogens is 3. The number of halogens is 2. The van der Waals surface area contributed by atoms with E-state index in [0.29, 0.717) is 73.3 Å². The van der Waals surface area contributed by atoms with Crippen molar-refractivity contribution in [2.45, 2.75) is 76.0 Å². The van der Waals surface area contributed by atoms with Crippen molar-refractivity contribution in [3.05, 3.63) is 112 Å². The number of carbonyl (C=O) groups excluding carboxylic acids is 5. The maximum atomic E-state index is 16.0. The van der Waals surface area contributed by atoms with Gasteiger partial charge in [0.25, 0.3) is 11.8 Å². The quantitative estimate of drug-likeness (QED) is 0.140. The van der Waals surface area contributed by atoms with Crippen molar-refractivity contribution >= 4 is 57.4 Å². The van der Waals surface area contributed by atoms with Crippen LogP contribution in [-0.4, -0.2) is 111 Å². The Balaban J connectivity index is 0.736. The van der Waals surface area contributed by atoms with Gasteiger partial charge in [-0.25, -0.2) is 18.7 Å². The number of thiazole rings is 1. The Morgan fingerprint density at radius 2 is 1.68 bits per heavy atom. The Labute approximate surface area is 384 Å². The number of nitrogens with one attached hydrogen (secondary N) is 3. The number of nitrogens with zero attached hydrogens (tertiary/aromatic N) is 7. The molecule has 0 bridgehead atoms. The number of piperidine rings is 2. The molecule has 5 amide bonds. The smallest absolute Gasteiger partial charge is 0.255 e. The van der Waals surface area contributed by atoms with Gasteiger partial charge in [0.1, 0.15) is 17.7 Å². The number of imide groups is 1. The van der Waals surface area contributed by atoms with E-state index in [-0.39, 0.29) is 47.6 Å². The zero-order valence-electron chi connectivity index (χ0n) is 36.3. The van der Waals surface area contributed by atoms with Crippen molar-refractivity contribution in [3.8, 4) is 11.1 Å². The molecule has 3 N–H and O–H groups in total. The molecule has 0 aliphatic carbocycles. The largest absolute Gasteiger partial charge is 0.374 e. The van der Waals surface area contributed by atoms with Crippen LogP contribution in [0.15, 0.2) is 72.5 Å². The van der Waals surface area contributed by atoms with Crippen molar-refractivity contribution in [2.75, 3.05) is 61.3 Å². The molecule has 2 aromatic heterocycles. The van der Waals surface area contributed by atoms with Gasteiger partial charge >= 0.3 is 0 Å². The monoisotopic (exact) mass is 916 g/mol. The lowest BCUT2D eigenvalue weighted by molar-refractivity contribution is -0.134. The van der Waals surface area contributed by atoms with E-state index < -0.39 is 35.6 Å². The number of anilines is 3. The molecule has 1 unspecified atom stereocenters. The molecule has 7 heterocycles. The normalized spacial score (nSPS) is 19.6. The van der Waals surface area contributed by atoms with E-state index in [1.165, 1.54) is 28.4 Å². The third kappa shape index (κ3) is 8.78. The SMILES string of the molecule is O=C1CC[C@H](Nc2ccc(C3CCN(CC(=O)N4CCCN(c5ccc(-c6cc(F)c7c(c6)C(=O)N(C(C(=O)Nc6nccs6)c6ncn8c6CCC8)C7)cc5)CC4)CC3)c(F)c2)C(=O)N1. The molecule has 18 heteroatoms. The Morgan fingerprint density at radius 1 is 0.848 bits per heavy atom. The number of hydrogen-bond acceptors (Lipinski definition) is 11. The van der Waals surface area contributed by atoms with Gasteiger partial charge in [-0.05, 0) is 111 Å². The van der Waals surface area contributed by atoms with Crippen LogP contribution in [0.2, 0.25) is 0 Å². The average Bonchev–Trinajstić information content (AvgIpc) is 4.11. The summed E-state index contributed by atoms with van der Waals surface area (Å²) in [5.41, 5.74) is 5.28. The molecule has 3 fully saturated rings. The van der Waals surface area contributed by atoms with Crippen LogP contribution < -0.4 is 20.9 Å². The molecule has 3 aromatic carbocycles. The van der Waals surface area contributed by atoms with Crippen LogP contribution in [0.1, 0.15) is 83.4 Å². The summed E-state index contributed by atoms with van der Waals surface area (Å²) in [4.78, 5) is 81.7. The third-order valence-electron chi connectivity index (χ3n) is 13.7. The number of carbonyl (C=O) groups is 5. The lowest BCUT2D eigenvalue weighted by Gasteiger charge is -2.33. The minimum absolute atomic E-state index is 0.0229. The molecule has 2 atom stereocenters. The van der Waals surface area contributed by atoms with Gasteiger partial charge in [0.05, 0.1) is 25.1 Å². The highest BCUT2D eigenvalue weighted by Crippen LogP contribution is 2.38. The van der Waals surface area contributed by atoms with E-state index >= 15 is 8.78 Å². The molecule has 3 saturated heterocycles. The van der Waals surface area contributed by atoms with Gasteiger partial charge in [0.15, 0.2) is 11.2 Å². The van der Waals surface area contributed by atoms with Crippen LogP contribution >= 0.6 is 11.3 Å². The molecular weight excluding hydrogens is 867 g/mol. The van der Waals surface area contributed by atoms with Gasteiger partial charge in [-0.15, -0.1) is 11.3 Å². The fourth-order valence-electron chi connectivity index (χ4n) is 10.1. The van der Waals surface area contributed by atoms with Gasteiger partial charge in [0, 0.05) is 78.9 Å². The molecular formula is C48H50F2N10O5S. The first-order valence-corrected chi connectivity index (χ1v) is 23.6. The summed E-state index contributed by atoms with van der Waals surface area (Å²) >= 11 is 1.27. The number of amides is 5. The van der Waals surface area contributed by atoms with Crippen molar-refractivity contribution < 1.29 is 32.8 Å². The van der Waals surface area contributed by atoms with Crippen LogP contribution in [0.5, 0.6) is 0 Å². The molecule has 10 rings (SSSR count). The summed E-state index contributed by atoms with van der Waals surface area (Å²) in [5, 5.41) is 10.3. The summed E-state index contributed by atoms with van der Waals surface area (Å²) in [6.45, 7) is 5.00. The van der Waals surface area contributed by atoms with E-state index in [1.807, 2.05) is 33.7 Å². The Bertz CT molecular complexity index is 2690. The number of benzene rings is 3. The van der Waals surface area contributed by atoms with E-state index in [2.05, 4.69) is 35.7 Å². The zero-order chi connectivity index (χ0) is 45.5. The van der Waals surface area contributed by atoms with E-state index in [9.17, 15) is 24.0 Å².